The van der Waals surface area contributed by atoms with E-state index in [-0.39, 0.29) is 28.1 Å². The lowest BCUT2D eigenvalue weighted by molar-refractivity contribution is -0.122. The van der Waals surface area contributed by atoms with Crippen LogP contribution in [0.2, 0.25) is 10.0 Å². The number of aryl methyl sites for hydroxylation is 1. The average molecular weight is 579 g/mol. The Kier molecular flexibility index (Phi) is 5.93. The predicted molar refractivity (Wildman–Crippen MR) is 160 cm³/mol. The zero-order valence-electron chi connectivity index (χ0n) is 22.0. The molecule has 3 aliphatic heterocycles. The molecule has 1 fully saturated rings. The van der Waals surface area contributed by atoms with Crippen molar-refractivity contribution in [2.24, 2.45) is 5.92 Å². The number of nitrogens with zero attached hydrogens (tertiary/aromatic N) is 1. The molecule has 3 heterocycles. The maximum absolute atomic E-state index is 14.8. The molecule has 0 unspecified atom stereocenters. The number of anilines is 1. The summed E-state index contributed by atoms with van der Waals surface area (Å²) in [5, 5.41) is 3.65. The van der Waals surface area contributed by atoms with E-state index in [0.717, 1.165) is 16.7 Å². The van der Waals surface area contributed by atoms with Crippen LogP contribution >= 0.6 is 23.2 Å². The standard InChI is InChI=1S/C34H24Cl2N2O3/c1-19-10-12-21(13-11-19)30(39)28-29(31(40)24-15-14-22(35)18-26(24)36)38-17-16-20-6-2-3-7-23(20)32(38)34(28)25-8-4-5-9-27(25)37-33(34)41/h2-18,28-29,32H,1H3,(H,37,41)/t28-,29+,32-,34-/m0/s1. The zero-order chi connectivity index (χ0) is 28.5. The van der Waals surface area contributed by atoms with Gasteiger partial charge in [0.1, 0.15) is 11.5 Å². The average Bonchev–Trinajstić information content (AvgIpc) is 3.45. The minimum atomic E-state index is -1.39. The lowest BCUT2D eigenvalue weighted by atomic mass is 9.62. The maximum Gasteiger partial charge on any atom is 0.238 e. The number of ketones is 2. The summed E-state index contributed by atoms with van der Waals surface area (Å²) >= 11 is 12.7. The molecular weight excluding hydrogens is 555 g/mol. The number of halogens is 2. The van der Waals surface area contributed by atoms with Crippen molar-refractivity contribution in [2.75, 3.05) is 5.32 Å². The van der Waals surface area contributed by atoms with E-state index in [0.29, 0.717) is 21.8 Å². The van der Waals surface area contributed by atoms with E-state index in [1.807, 2.05) is 84.8 Å². The molecule has 0 saturated carbocycles. The van der Waals surface area contributed by atoms with E-state index >= 15 is 0 Å². The van der Waals surface area contributed by atoms with Crippen molar-refractivity contribution in [3.05, 3.63) is 141 Å². The third kappa shape index (κ3) is 3.66. The monoisotopic (exact) mass is 578 g/mol. The Balaban J connectivity index is 1.54. The lowest BCUT2D eigenvalue weighted by Gasteiger charge is -2.38. The van der Waals surface area contributed by atoms with Crippen LogP contribution in [0.5, 0.6) is 0 Å². The maximum atomic E-state index is 14.8. The fourth-order valence-electron chi connectivity index (χ4n) is 6.91. The second-order valence-electron chi connectivity index (χ2n) is 10.8. The van der Waals surface area contributed by atoms with Crippen LogP contribution in [0.1, 0.15) is 49.0 Å². The highest BCUT2D eigenvalue weighted by Gasteiger charge is 2.70. The van der Waals surface area contributed by atoms with E-state index in [1.165, 1.54) is 6.07 Å². The molecule has 4 aromatic carbocycles. The highest BCUT2D eigenvalue weighted by atomic mass is 35.5. The number of carbonyl (C=O) groups excluding carboxylic acids is 3. The first-order valence-corrected chi connectivity index (χ1v) is 14.1. The highest BCUT2D eigenvalue weighted by molar-refractivity contribution is 6.37. The van der Waals surface area contributed by atoms with E-state index in [4.69, 9.17) is 23.2 Å². The van der Waals surface area contributed by atoms with E-state index < -0.39 is 23.4 Å². The molecule has 41 heavy (non-hydrogen) atoms. The van der Waals surface area contributed by atoms with Crippen molar-refractivity contribution >= 4 is 52.4 Å². The number of nitrogens with one attached hydrogen (secondary N) is 1. The Morgan fingerprint density at radius 3 is 2.39 bits per heavy atom. The molecule has 1 spiro atoms. The van der Waals surface area contributed by atoms with Crippen LogP contribution in [0.3, 0.4) is 0 Å². The van der Waals surface area contributed by atoms with E-state index in [9.17, 15) is 14.4 Å². The lowest BCUT2D eigenvalue weighted by Crippen LogP contribution is -2.49. The van der Waals surface area contributed by atoms with Crippen LogP contribution in [0.25, 0.3) is 6.08 Å². The highest BCUT2D eigenvalue weighted by Crippen LogP contribution is 2.62. The van der Waals surface area contributed by atoms with E-state index in [2.05, 4.69) is 5.32 Å². The molecule has 7 rings (SSSR count). The van der Waals surface area contributed by atoms with Gasteiger partial charge in [0.15, 0.2) is 11.6 Å². The molecule has 0 radical (unpaired) electrons. The first kappa shape index (κ1) is 25.8. The van der Waals surface area contributed by atoms with E-state index in [1.54, 1.807) is 24.3 Å². The summed E-state index contributed by atoms with van der Waals surface area (Å²) in [7, 11) is 0. The smallest absolute Gasteiger partial charge is 0.238 e. The minimum Gasteiger partial charge on any atom is -0.358 e. The number of Topliss-reactive ketones (excluding diaryl/α,β-unsaturated/α-hetero) is 2. The second-order valence-corrected chi connectivity index (χ2v) is 11.6. The SMILES string of the molecule is Cc1ccc(C(=O)[C@@H]2[C@H](C(=O)c3ccc(Cl)cc3Cl)N3C=Cc4ccccc4[C@H]3[C@@]23C(=O)Nc2ccccc23)cc1. The van der Waals surface area contributed by atoms with Crippen LogP contribution in [0, 0.1) is 12.8 Å². The molecule has 202 valence electrons. The fraction of sp³-hybridized carbons (Fsp3) is 0.147. The normalized spacial score (nSPS) is 23.6. The molecule has 0 aliphatic carbocycles. The first-order valence-electron chi connectivity index (χ1n) is 13.4. The Morgan fingerprint density at radius 1 is 0.878 bits per heavy atom. The third-order valence-corrected chi connectivity index (χ3v) is 9.20. The van der Waals surface area contributed by atoms with Gasteiger partial charge in [-0.3, -0.25) is 14.4 Å². The van der Waals surface area contributed by atoms with Gasteiger partial charge in [-0.05, 0) is 54.0 Å². The summed E-state index contributed by atoms with van der Waals surface area (Å²) in [5.41, 5.74) is 3.45. The third-order valence-electron chi connectivity index (χ3n) is 8.65. The number of rotatable bonds is 4. The van der Waals surface area contributed by atoms with Gasteiger partial charge in [0.25, 0.3) is 0 Å². The van der Waals surface area contributed by atoms with Crippen LogP contribution in [-0.4, -0.2) is 28.4 Å². The molecule has 1 saturated heterocycles. The zero-order valence-corrected chi connectivity index (χ0v) is 23.5. The van der Waals surface area contributed by atoms with Crippen molar-refractivity contribution in [3.8, 4) is 0 Å². The molecule has 7 heteroatoms. The van der Waals surface area contributed by atoms with Crippen LogP contribution in [-0.2, 0) is 10.2 Å². The van der Waals surface area contributed by atoms with Gasteiger partial charge < -0.3 is 10.2 Å². The summed E-state index contributed by atoms with van der Waals surface area (Å²) in [6, 6.07) is 25.6. The van der Waals surface area contributed by atoms with Gasteiger partial charge in [0.2, 0.25) is 5.91 Å². The molecule has 0 aromatic heterocycles. The first-order chi connectivity index (χ1) is 19.8. The van der Waals surface area contributed by atoms with Crippen LogP contribution in [0.15, 0.2) is 97.2 Å². The summed E-state index contributed by atoms with van der Waals surface area (Å²) in [4.78, 5) is 45.8. The number of hydrogen-bond acceptors (Lipinski definition) is 4. The van der Waals surface area contributed by atoms with Crippen molar-refractivity contribution in [2.45, 2.75) is 24.4 Å². The van der Waals surface area contributed by atoms with Gasteiger partial charge in [0, 0.05) is 28.0 Å². The van der Waals surface area contributed by atoms with Crippen molar-refractivity contribution < 1.29 is 14.4 Å². The Labute approximate surface area is 247 Å². The Morgan fingerprint density at radius 2 is 1.61 bits per heavy atom. The van der Waals surface area contributed by atoms with Gasteiger partial charge in [-0.2, -0.15) is 0 Å². The summed E-state index contributed by atoms with van der Waals surface area (Å²) in [5.74, 6) is -1.99. The van der Waals surface area contributed by atoms with Crippen molar-refractivity contribution in [3.63, 3.8) is 0 Å². The molecule has 1 N–H and O–H groups in total. The topological polar surface area (TPSA) is 66.5 Å². The van der Waals surface area contributed by atoms with Gasteiger partial charge in [-0.25, -0.2) is 0 Å². The minimum absolute atomic E-state index is 0.194. The Hall–Kier alpha value is -4.19. The molecule has 3 aliphatic rings. The van der Waals surface area contributed by atoms with Crippen molar-refractivity contribution in [1.82, 2.24) is 4.90 Å². The van der Waals surface area contributed by atoms with Gasteiger partial charge in [-0.1, -0.05) is 95.5 Å². The largest absolute Gasteiger partial charge is 0.358 e. The summed E-state index contributed by atoms with van der Waals surface area (Å²) in [6.45, 7) is 1.95. The number of amides is 1. The number of fused-ring (bicyclic) bond motifs is 6. The van der Waals surface area contributed by atoms with Gasteiger partial charge >= 0.3 is 0 Å². The molecular formula is C34H24Cl2N2O3. The van der Waals surface area contributed by atoms with Crippen molar-refractivity contribution in [1.29, 1.82) is 0 Å². The van der Waals surface area contributed by atoms with Crippen LogP contribution < -0.4 is 5.32 Å². The predicted octanol–water partition coefficient (Wildman–Crippen LogP) is 7.28. The number of para-hydroxylation sites is 1. The van der Waals surface area contributed by atoms with Gasteiger partial charge in [0.05, 0.1) is 17.0 Å². The Bertz CT molecular complexity index is 1800. The molecule has 4 atom stereocenters. The number of carbonyl (C=O) groups is 3. The molecule has 1 amide bonds. The number of hydrogen-bond donors (Lipinski definition) is 1. The quantitative estimate of drug-likeness (QED) is 0.258. The number of benzene rings is 4. The molecule has 4 aromatic rings. The molecule has 5 nitrogen and oxygen atoms in total. The second kappa shape index (κ2) is 9.44. The summed E-state index contributed by atoms with van der Waals surface area (Å²) in [6.07, 6.45) is 3.78. The fourth-order valence-corrected chi connectivity index (χ4v) is 7.42. The van der Waals surface area contributed by atoms with Crippen LogP contribution in [0.4, 0.5) is 5.69 Å². The van der Waals surface area contributed by atoms with Gasteiger partial charge in [-0.15, -0.1) is 0 Å². The molecule has 0 bridgehead atoms. The summed E-state index contributed by atoms with van der Waals surface area (Å²) < 4.78 is 0.